The van der Waals surface area contributed by atoms with Gasteiger partial charge >= 0.3 is 0 Å². The average molecular weight is 835 g/mol. The van der Waals surface area contributed by atoms with E-state index in [0.717, 1.165) is 49.2 Å². The van der Waals surface area contributed by atoms with E-state index in [9.17, 15) is 0 Å². The topological polar surface area (TPSA) is 43.6 Å². The van der Waals surface area contributed by atoms with E-state index in [-0.39, 0.29) is 5.41 Å². The van der Waals surface area contributed by atoms with Crippen LogP contribution in [0.2, 0.25) is 0 Å². The first-order valence-corrected chi connectivity index (χ1v) is 22.6. The highest BCUT2D eigenvalue weighted by Gasteiger charge is 2.42. The maximum absolute atomic E-state index is 5.56. The fraction of sp³-hybridized carbons (Fsp3) is 0.0339. The summed E-state index contributed by atoms with van der Waals surface area (Å²) < 4.78 is 4.80. The molecular weight excluding hydrogens is 797 g/mol. The van der Waals surface area contributed by atoms with Crippen molar-refractivity contribution < 1.29 is 0 Å². The van der Waals surface area contributed by atoms with E-state index < -0.39 is 0 Å². The summed E-state index contributed by atoms with van der Waals surface area (Å²) in [7, 11) is 0. The van der Waals surface area contributed by atoms with Gasteiger partial charge in [0.05, 0.1) is 16.7 Å². The van der Waals surface area contributed by atoms with E-state index in [0.29, 0.717) is 17.5 Å². The van der Waals surface area contributed by atoms with Gasteiger partial charge in [-0.15, -0.1) is 11.3 Å². The zero-order valence-corrected chi connectivity index (χ0v) is 35.7. The Balaban J connectivity index is 1.09. The maximum Gasteiger partial charge on any atom is 0.166 e. The number of hydrogen-bond acceptors (Lipinski definition) is 4. The monoisotopic (exact) mass is 834 g/mol. The molecule has 0 saturated heterocycles. The normalized spacial score (nSPS) is 14.4. The first kappa shape index (κ1) is 36.6. The van der Waals surface area contributed by atoms with Crippen LogP contribution in [0.3, 0.4) is 0 Å². The summed E-state index contributed by atoms with van der Waals surface area (Å²) in [5, 5.41) is 4.83. The van der Waals surface area contributed by atoms with Gasteiger partial charge < -0.3 is 4.57 Å². The predicted molar refractivity (Wildman–Crippen MR) is 266 cm³/mol. The minimum atomic E-state index is -0.369. The van der Waals surface area contributed by atoms with Crippen LogP contribution in [0.1, 0.15) is 23.6 Å². The van der Waals surface area contributed by atoms with Crippen molar-refractivity contribution >= 4 is 53.3 Å². The molecule has 0 N–H and O–H groups in total. The highest BCUT2D eigenvalue weighted by Crippen LogP contribution is 2.55. The molecule has 0 amide bonds. The number of hydrogen-bond donors (Lipinski definition) is 0. The molecule has 0 bridgehead atoms. The van der Waals surface area contributed by atoms with E-state index in [1.54, 1.807) is 11.3 Å². The first-order chi connectivity index (χ1) is 31.6. The van der Waals surface area contributed by atoms with E-state index >= 15 is 0 Å². The van der Waals surface area contributed by atoms with Gasteiger partial charge in [0.1, 0.15) is 0 Å². The van der Waals surface area contributed by atoms with E-state index in [2.05, 4.69) is 224 Å². The number of rotatable bonds is 6. The summed E-state index contributed by atoms with van der Waals surface area (Å²) in [4.78, 5) is 16.6. The van der Waals surface area contributed by atoms with Gasteiger partial charge in [-0.2, -0.15) is 0 Å². The van der Waals surface area contributed by atoms with Crippen LogP contribution >= 0.6 is 11.3 Å². The van der Waals surface area contributed by atoms with E-state index in [1.165, 1.54) is 54.1 Å². The highest BCUT2D eigenvalue weighted by atomic mass is 32.1. The second-order valence-corrected chi connectivity index (χ2v) is 17.9. The van der Waals surface area contributed by atoms with Crippen LogP contribution in [0.4, 0.5) is 0 Å². The number of aromatic nitrogens is 4. The van der Waals surface area contributed by atoms with Crippen LogP contribution in [-0.2, 0) is 5.41 Å². The quantitative estimate of drug-likeness (QED) is 0.168. The van der Waals surface area contributed by atoms with Gasteiger partial charge in [-0.1, -0.05) is 176 Å². The molecule has 1 aliphatic rings. The molecule has 3 heterocycles. The smallest absolute Gasteiger partial charge is 0.166 e. The van der Waals surface area contributed by atoms with Crippen LogP contribution in [0.15, 0.2) is 212 Å². The molecule has 4 nitrogen and oxygen atoms in total. The summed E-state index contributed by atoms with van der Waals surface area (Å²) in [5.74, 6) is 1.91. The lowest BCUT2D eigenvalue weighted by atomic mass is 9.74. The van der Waals surface area contributed by atoms with Gasteiger partial charge in [0.25, 0.3) is 0 Å². The lowest BCUT2D eigenvalue weighted by molar-refractivity contribution is 0.714. The minimum Gasteiger partial charge on any atom is -0.308 e. The molecule has 13 rings (SSSR count). The lowest BCUT2D eigenvalue weighted by Crippen LogP contribution is -2.22. The van der Waals surface area contributed by atoms with Crippen molar-refractivity contribution in [1.29, 1.82) is 0 Å². The highest BCUT2D eigenvalue weighted by molar-refractivity contribution is 7.26. The molecule has 0 spiro atoms. The molecule has 1 atom stereocenters. The Kier molecular flexibility index (Phi) is 8.18. The molecule has 0 aliphatic heterocycles. The van der Waals surface area contributed by atoms with Crippen LogP contribution in [0.5, 0.6) is 0 Å². The Morgan fingerprint density at radius 1 is 0.406 bits per heavy atom. The Bertz CT molecular complexity index is 3810. The van der Waals surface area contributed by atoms with Crippen molar-refractivity contribution in [2.45, 2.75) is 12.3 Å². The summed E-state index contributed by atoms with van der Waals surface area (Å²) in [6, 6.07) is 76.2. The third kappa shape index (κ3) is 5.44. The Morgan fingerprint density at radius 2 is 0.984 bits per heavy atom. The number of nitrogens with zero attached hydrogens (tertiary/aromatic N) is 4. The van der Waals surface area contributed by atoms with Crippen molar-refractivity contribution in [3.05, 3.63) is 229 Å². The van der Waals surface area contributed by atoms with Gasteiger partial charge in [0.2, 0.25) is 0 Å². The average Bonchev–Trinajstić information content (AvgIpc) is 4.00. The third-order valence-corrected chi connectivity index (χ3v) is 14.6. The molecule has 5 heteroatoms. The lowest BCUT2D eigenvalue weighted by Gasteiger charge is -2.28. The molecule has 9 aromatic carbocycles. The standard InChI is InChI=1S/C59H38N4S/c1-59(39-20-6-3-7-21-39)48-29-12-8-24-44(48)54-46(27-17-30-49(54)59)57-60-56(61-58(62-57)47-28-16-26-43-42-23-11-15-33-53(42)64-55(43)47)45-25-10-14-32-51(45)63-50-31-13-9-22-40(50)41-35-34-38(36-52(41)63)37-18-4-2-5-19-37/h2-36H,1H3. The van der Waals surface area contributed by atoms with E-state index in [4.69, 9.17) is 15.0 Å². The van der Waals surface area contributed by atoms with Crippen LogP contribution in [0.25, 0.3) is 104 Å². The second-order valence-electron chi connectivity index (χ2n) is 16.8. The summed E-state index contributed by atoms with van der Waals surface area (Å²) in [6.45, 7) is 2.36. The second kappa shape index (κ2) is 14.3. The molecule has 3 aromatic heterocycles. The van der Waals surface area contributed by atoms with Crippen molar-refractivity contribution in [2.75, 3.05) is 0 Å². The molecule has 0 fully saturated rings. The Morgan fingerprint density at radius 3 is 1.83 bits per heavy atom. The van der Waals surface area contributed by atoms with Crippen molar-refractivity contribution in [3.63, 3.8) is 0 Å². The predicted octanol–water partition coefficient (Wildman–Crippen LogP) is 15.3. The van der Waals surface area contributed by atoms with Gasteiger partial charge in [-0.3, -0.25) is 0 Å². The number of thiophene rings is 1. The molecule has 0 radical (unpaired) electrons. The first-order valence-electron chi connectivity index (χ1n) is 21.8. The van der Waals surface area contributed by atoms with Gasteiger partial charge in [-0.25, -0.2) is 15.0 Å². The van der Waals surface area contributed by atoms with E-state index in [1.807, 2.05) is 0 Å². The fourth-order valence-electron chi connectivity index (χ4n) is 10.4. The molecule has 64 heavy (non-hydrogen) atoms. The Labute approximate surface area is 374 Å². The molecule has 300 valence electrons. The molecule has 12 aromatic rings. The molecular formula is C59H38N4S. The Hall–Kier alpha value is -7.99. The summed E-state index contributed by atoms with van der Waals surface area (Å²) >= 11 is 1.79. The number of para-hydroxylation sites is 2. The summed E-state index contributed by atoms with van der Waals surface area (Å²) in [5.41, 5.74) is 14.3. The molecule has 0 saturated carbocycles. The van der Waals surface area contributed by atoms with Crippen LogP contribution in [-0.4, -0.2) is 19.5 Å². The van der Waals surface area contributed by atoms with Gasteiger partial charge in [-0.05, 0) is 82.3 Å². The summed E-state index contributed by atoms with van der Waals surface area (Å²) in [6.07, 6.45) is 0. The molecule has 1 unspecified atom stereocenters. The van der Waals surface area contributed by atoms with Crippen molar-refractivity contribution in [1.82, 2.24) is 19.5 Å². The zero-order valence-electron chi connectivity index (χ0n) is 34.9. The largest absolute Gasteiger partial charge is 0.308 e. The van der Waals surface area contributed by atoms with Crippen LogP contribution in [0, 0.1) is 0 Å². The van der Waals surface area contributed by atoms with Crippen molar-refractivity contribution in [3.8, 4) is 62.1 Å². The fourth-order valence-corrected chi connectivity index (χ4v) is 11.6. The van der Waals surface area contributed by atoms with Crippen molar-refractivity contribution in [2.24, 2.45) is 0 Å². The maximum atomic E-state index is 5.56. The third-order valence-electron chi connectivity index (χ3n) is 13.4. The van der Waals surface area contributed by atoms with Gasteiger partial charge in [0, 0.05) is 53.1 Å². The molecule has 1 aliphatic carbocycles. The SMILES string of the molecule is CC1(c2ccccc2)c2ccccc2-c2c(-c3nc(-c4ccccc4-n4c5ccccc5c5ccc(-c6ccccc6)cc54)nc(-c4cccc5c4sc4ccccc45)n3)cccc21. The zero-order chi connectivity index (χ0) is 42.4. The minimum absolute atomic E-state index is 0.369. The number of benzene rings is 9. The van der Waals surface area contributed by atoms with Crippen LogP contribution < -0.4 is 0 Å². The van der Waals surface area contributed by atoms with Gasteiger partial charge in [0.15, 0.2) is 17.5 Å². The number of fused-ring (bicyclic) bond motifs is 9.